The number of nitrogens with zero attached hydrogens (tertiary/aromatic N) is 4. The molecule has 0 saturated carbocycles. The Balaban J connectivity index is 2.00. The first-order valence-electron chi connectivity index (χ1n) is 5.71. The van der Waals surface area contributed by atoms with E-state index >= 15 is 0 Å². The quantitative estimate of drug-likeness (QED) is 0.728. The molecule has 1 fully saturated rings. The van der Waals surface area contributed by atoms with Gasteiger partial charge < -0.3 is 15.5 Å². The van der Waals surface area contributed by atoms with E-state index in [0.717, 1.165) is 25.9 Å². The van der Waals surface area contributed by atoms with Gasteiger partial charge in [0.15, 0.2) is 0 Å². The number of likely N-dealkylation sites (tertiary alicyclic amines) is 1. The van der Waals surface area contributed by atoms with Crippen molar-refractivity contribution in [3.8, 4) is 0 Å². The van der Waals surface area contributed by atoms with E-state index in [2.05, 4.69) is 27.1 Å². The van der Waals surface area contributed by atoms with Crippen LogP contribution in [0, 0.1) is 0 Å². The van der Waals surface area contributed by atoms with Crippen LogP contribution in [0.5, 0.6) is 0 Å². The van der Waals surface area contributed by atoms with Crippen molar-refractivity contribution in [1.82, 2.24) is 25.0 Å². The largest absolute Gasteiger partial charge is 0.366 e. The fraction of sp³-hybridized carbons (Fsp3) is 0.700. The molecule has 0 atom stereocenters. The van der Waals surface area contributed by atoms with E-state index in [1.165, 1.54) is 0 Å². The van der Waals surface area contributed by atoms with Gasteiger partial charge in [0.2, 0.25) is 11.8 Å². The summed E-state index contributed by atoms with van der Waals surface area (Å²) in [6, 6.07) is 0.269. The van der Waals surface area contributed by atoms with E-state index in [4.69, 9.17) is 5.73 Å². The predicted molar refractivity (Wildman–Crippen MR) is 63.4 cm³/mol. The number of carbonyl (C=O) groups is 1. The fourth-order valence-corrected chi connectivity index (χ4v) is 2.09. The average molecular weight is 238 g/mol. The van der Waals surface area contributed by atoms with Crippen LogP contribution < -0.4 is 5.73 Å². The van der Waals surface area contributed by atoms with E-state index in [9.17, 15) is 4.79 Å². The summed E-state index contributed by atoms with van der Waals surface area (Å²) in [6.07, 6.45) is 1.98. The summed E-state index contributed by atoms with van der Waals surface area (Å²) in [4.78, 5) is 19.9. The Morgan fingerprint density at radius 3 is 2.71 bits per heavy atom. The molecule has 3 N–H and O–H groups in total. The number of amides is 1. The monoisotopic (exact) mass is 238 g/mol. The number of carbonyl (C=O) groups excluding carboxylic acids is 1. The van der Waals surface area contributed by atoms with Crippen LogP contribution in [0.2, 0.25) is 0 Å². The summed E-state index contributed by atoms with van der Waals surface area (Å²) in [7, 11) is 3.90. The molecule has 1 aliphatic rings. The minimum absolute atomic E-state index is 0.102. The van der Waals surface area contributed by atoms with Crippen molar-refractivity contribution in [3.63, 3.8) is 0 Å². The Labute approximate surface area is 100.0 Å². The predicted octanol–water partition coefficient (Wildman–Crippen LogP) is -0.447. The van der Waals surface area contributed by atoms with Crippen molar-refractivity contribution in [2.45, 2.75) is 18.9 Å². The SMILES string of the molecule is CN1CCC(N(C)C(=O)c2nc(N)n[nH]2)CC1. The number of nitrogen functional groups attached to an aromatic ring is 1. The van der Waals surface area contributed by atoms with E-state index < -0.39 is 0 Å². The Morgan fingerprint density at radius 1 is 1.53 bits per heavy atom. The maximum atomic E-state index is 12.1. The second-order valence-corrected chi connectivity index (χ2v) is 4.49. The maximum absolute atomic E-state index is 12.1. The van der Waals surface area contributed by atoms with Crippen molar-refractivity contribution >= 4 is 11.9 Å². The molecule has 0 spiro atoms. The number of H-pyrrole nitrogens is 1. The number of rotatable bonds is 2. The minimum atomic E-state index is -0.149. The standard InChI is InChI=1S/C10H18N6O/c1-15-5-3-7(4-6-15)16(2)9(17)8-12-10(11)14-13-8/h7H,3-6H2,1-2H3,(H3,11,12,13,14). The number of hydrogen-bond donors (Lipinski definition) is 2. The van der Waals surface area contributed by atoms with Crippen LogP contribution in [0.1, 0.15) is 23.5 Å². The average Bonchev–Trinajstić information content (AvgIpc) is 2.75. The molecular weight excluding hydrogens is 220 g/mol. The lowest BCUT2D eigenvalue weighted by Gasteiger charge is -2.34. The van der Waals surface area contributed by atoms with Crippen molar-refractivity contribution in [2.75, 3.05) is 32.9 Å². The van der Waals surface area contributed by atoms with Gasteiger partial charge in [-0.2, -0.15) is 4.98 Å². The van der Waals surface area contributed by atoms with Crippen LogP contribution in [0.3, 0.4) is 0 Å². The lowest BCUT2D eigenvalue weighted by Crippen LogP contribution is -2.44. The van der Waals surface area contributed by atoms with Crippen molar-refractivity contribution in [3.05, 3.63) is 5.82 Å². The molecule has 0 radical (unpaired) electrons. The molecule has 0 aliphatic carbocycles. The minimum Gasteiger partial charge on any atom is -0.366 e. The number of aromatic nitrogens is 3. The highest BCUT2D eigenvalue weighted by molar-refractivity contribution is 5.90. The van der Waals surface area contributed by atoms with Gasteiger partial charge in [-0.15, -0.1) is 5.10 Å². The zero-order valence-electron chi connectivity index (χ0n) is 10.2. The maximum Gasteiger partial charge on any atom is 0.291 e. The molecule has 1 saturated heterocycles. The molecule has 7 nitrogen and oxygen atoms in total. The normalized spacial score (nSPS) is 18.2. The molecule has 1 aromatic heterocycles. The van der Waals surface area contributed by atoms with Crippen molar-refractivity contribution in [2.24, 2.45) is 0 Å². The topological polar surface area (TPSA) is 91.1 Å². The van der Waals surface area contributed by atoms with Gasteiger partial charge in [0.25, 0.3) is 5.91 Å². The van der Waals surface area contributed by atoms with E-state index in [1.807, 2.05) is 0 Å². The van der Waals surface area contributed by atoms with E-state index in [-0.39, 0.29) is 23.7 Å². The summed E-state index contributed by atoms with van der Waals surface area (Å²) < 4.78 is 0. The highest BCUT2D eigenvalue weighted by Crippen LogP contribution is 2.15. The highest BCUT2D eigenvalue weighted by Gasteiger charge is 2.26. The molecule has 2 heterocycles. The van der Waals surface area contributed by atoms with Crippen LogP contribution in [-0.2, 0) is 0 Å². The summed E-state index contributed by atoms with van der Waals surface area (Å²) in [5.41, 5.74) is 5.38. The van der Waals surface area contributed by atoms with Gasteiger partial charge in [-0.1, -0.05) is 0 Å². The second kappa shape index (κ2) is 4.70. The molecule has 1 aromatic rings. The van der Waals surface area contributed by atoms with Gasteiger partial charge in [-0.25, -0.2) is 0 Å². The van der Waals surface area contributed by atoms with Gasteiger partial charge in [0.05, 0.1) is 0 Å². The van der Waals surface area contributed by atoms with Crippen LogP contribution in [-0.4, -0.2) is 64.1 Å². The van der Waals surface area contributed by atoms with Crippen LogP contribution in [0.15, 0.2) is 0 Å². The number of nitrogens with one attached hydrogen (secondary N) is 1. The third-order valence-corrected chi connectivity index (χ3v) is 3.26. The van der Waals surface area contributed by atoms with Gasteiger partial charge >= 0.3 is 0 Å². The van der Waals surface area contributed by atoms with Gasteiger partial charge in [0, 0.05) is 13.1 Å². The molecule has 2 rings (SSSR count). The molecule has 94 valence electrons. The van der Waals surface area contributed by atoms with Crippen molar-refractivity contribution < 1.29 is 4.79 Å². The molecule has 1 amide bonds. The van der Waals surface area contributed by atoms with Crippen LogP contribution >= 0.6 is 0 Å². The second-order valence-electron chi connectivity index (χ2n) is 4.49. The van der Waals surface area contributed by atoms with Crippen LogP contribution in [0.25, 0.3) is 0 Å². The van der Waals surface area contributed by atoms with E-state index in [1.54, 1.807) is 11.9 Å². The summed E-state index contributed by atoms with van der Waals surface area (Å²) >= 11 is 0. The highest BCUT2D eigenvalue weighted by atomic mass is 16.2. The fourth-order valence-electron chi connectivity index (χ4n) is 2.09. The Morgan fingerprint density at radius 2 is 2.18 bits per heavy atom. The molecule has 0 bridgehead atoms. The zero-order valence-corrected chi connectivity index (χ0v) is 10.2. The van der Waals surface area contributed by atoms with Gasteiger partial charge in [-0.3, -0.25) is 9.89 Å². The zero-order chi connectivity index (χ0) is 12.4. The first kappa shape index (κ1) is 11.8. The lowest BCUT2D eigenvalue weighted by atomic mass is 10.0. The third kappa shape index (κ3) is 2.55. The Bertz CT molecular complexity index is 395. The van der Waals surface area contributed by atoms with Gasteiger partial charge in [0.1, 0.15) is 0 Å². The third-order valence-electron chi connectivity index (χ3n) is 3.26. The van der Waals surface area contributed by atoms with Crippen molar-refractivity contribution in [1.29, 1.82) is 0 Å². The first-order chi connectivity index (χ1) is 8.08. The molecular formula is C10H18N6O. The number of anilines is 1. The molecule has 0 aromatic carbocycles. The number of hydrogen-bond acceptors (Lipinski definition) is 5. The smallest absolute Gasteiger partial charge is 0.291 e. The summed E-state index contributed by atoms with van der Waals surface area (Å²) in [5.74, 6) is 0.165. The molecule has 1 aliphatic heterocycles. The summed E-state index contributed by atoms with van der Waals surface area (Å²) in [5, 5.41) is 6.21. The Hall–Kier alpha value is -1.63. The molecule has 7 heteroatoms. The lowest BCUT2D eigenvalue weighted by molar-refractivity contribution is 0.0648. The first-order valence-corrected chi connectivity index (χ1v) is 5.71. The van der Waals surface area contributed by atoms with Gasteiger partial charge in [-0.05, 0) is 33.0 Å². The molecule has 0 unspecified atom stereocenters. The molecule has 17 heavy (non-hydrogen) atoms. The summed E-state index contributed by atoms with van der Waals surface area (Å²) in [6.45, 7) is 2.03. The number of nitrogens with two attached hydrogens (primary N) is 1. The van der Waals surface area contributed by atoms with E-state index in [0.29, 0.717) is 0 Å². The Kier molecular flexibility index (Phi) is 3.28. The number of piperidine rings is 1. The van der Waals surface area contributed by atoms with Crippen LogP contribution in [0.4, 0.5) is 5.95 Å². The number of aromatic amines is 1.